The SMILES string of the molecule is Cc1[nH]cc(NC(=O)C2CC(=O)N(C3CC3)C2)c1C(=O)O. The van der Waals surface area contributed by atoms with Crippen LogP contribution in [0.4, 0.5) is 5.69 Å². The van der Waals surface area contributed by atoms with Gasteiger partial charge in [-0.15, -0.1) is 0 Å². The van der Waals surface area contributed by atoms with Crippen molar-refractivity contribution in [3.05, 3.63) is 17.5 Å². The van der Waals surface area contributed by atoms with Crippen LogP contribution in [-0.4, -0.2) is 45.4 Å². The number of anilines is 1. The van der Waals surface area contributed by atoms with Gasteiger partial charge in [-0.2, -0.15) is 0 Å². The third-order valence-electron chi connectivity index (χ3n) is 4.07. The normalized spacial score (nSPS) is 21.7. The van der Waals surface area contributed by atoms with Crippen molar-refractivity contribution < 1.29 is 19.5 Å². The standard InChI is InChI=1S/C14H17N3O4/c1-7-12(14(20)21)10(5-15-7)16-13(19)8-4-11(18)17(6-8)9-2-3-9/h5,8-9,15H,2-4,6H2,1H3,(H,16,19)(H,20,21). The number of aromatic carboxylic acids is 1. The first-order valence-electron chi connectivity index (χ1n) is 6.99. The van der Waals surface area contributed by atoms with Gasteiger partial charge in [0.25, 0.3) is 0 Å². The zero-order valence-electron chi connectivity index (χ0n) is 11.7. The number of aromatic nitrogens is 1. The van der Waals surface area contributed by atoms with Crippen LogP contribution in [-0.2, 0) is 9.59 Å². The van der Waals surface area contributed by atoms with Gasteiger partial charge < -0.3 is 20.3 Å². The Balaban J connectivity index is 1.70. The number of aryl methyl sites for hydroxylation is 1. The Bertz CT molecular complexity index is 618. The van der Waals surface area contributed by atoms with E-state index in [2.05, 4.69) is 10.3 Å². The number of nitrogens with zero attached hydrogens (tertiary/aromatic N) is 1. The van der Waals surface area contributed by atoms with Gasteiger partial charge in [-0.1, -0.05) is 0 Å². The van der Waals surface area contributed by atoms with Crippen LogP contribution < -0.4 is 5.32 Å². The Labute approximate surface area is 121 Å². The Morgan fingerprint density at radius 3 is 2.76 bits per heavy atom. The van der Waals surface area contributed by atoms with Crippen molar-refractivity contribution in [3.63, 3.8) is 0 Å². The van der Waals surface area contributed by atoms with Gasteiger partial charge in [0.05, 0.1) is 11.6 Å². The van der Waals surface area contributed by atoms with Gasteiger partial charge in [-0.25, -0.2) is 4.79 Å². The van der Waals surface area contributed by atoms with E-state index in [9.17, 15) is 14.4 Å². The van der Waals surface area contributed by atoms with Crippen LogP contribution in [0, 0.1) is 12.8 Å². The molecule has 1 unspecified atom stereocenters. The molecule has 2 aliphatic rings. The molecule has 1 saturated carbocycles. The van der Waals surface area contributed by atoms with Crippen molar-refractivity contribution >= 4 is 23.5 Å². The second kappa shape index (κ2) is 4.91. The molecule has 7 heteroatoms. The molecule has 1 aromatic heterocycles. The van der Waals surface area contributed by atoms with Crippen LogP contribution in [0.3, 0.4) is 0 Å². The maximum Gasteiger partial charge on any atom is 0.339 e. The molecule has 2 amide bonds. The number of carbonyl (C=O) groups excluding carboxylic acids is 2. The molecule has 2 fully saturated rings. The van der Waals surface area contributed by atoms with Crippen molar-refractivity contribution in [2.45, 2.75) is 32.2 Å². The summed E-state index contributed by atoms with van der Waals surface area (Å²) in [5, 5.41) is 11.8. The summed E-state index contributed by atoms with van der Waals surface area (Å²) in [4.78, 5) is 39.8. The van der Waals surface area contributed by atoms with Crippen molar-refractivity contribution in [1.29, 1.82) is 0 Å². The molecule has 21 heavy (non-hydrogen) atoms. The van der Waals surface area contributed by atoms with Crippen LogP contribution in [0.15, 0.2) is 6.20 Å². The number of carbonyl (C=O) groups is 3. The van der Waals surface area contributed by atoms with Crippen LogP contribution in [0.1, 0.15) is 35.3 Å². The number of nitrogens with one attached hydrogen (secondary N) is 2. The molecule has 1 aliphatic carbocycles. The van der Waals surface area contributed by atoms with Crippen molar-refractivity contribution in [1.82, 2.24) is 9.88 Å². The predicted octanol–water partition coefficient (Wildman–Crippen LogP) is 0.971. The fourth-order valence-corrected chi connectivity index (χ4v) is 2.78. The monoisotopic (exact) mass is 291 g/mol. The van der Waals surface area contributed by atoms with Gasteiger partial charge in [0.1, 0.15) is 5.56 Å². The highest BCUT2D eigenvalue weighted by Crippen LogP contribution is 2.33. The summed E-state index contributed by atoms with van der Waals surface area (Å²) in [6.07, 6.45) is 3.70. The number of H-pyrrole nitrogens is 1. The molecule has 1 saturated heterocycles. The summed E-state index contributed by atoms with van der Waals surface area (Å²) >= 11 is 0. The zero-order chi connectivity index (χ0) is 15.1. The Kier molecular flexibility index (Phi) is 3.19. The lowest BCUT2D eigenvalue weighted by molar-refractivity contribution is -0.128. The summed E-state index contributed by atoms with van der Waals surface area (Å²) in [7, 11) is 0. The molecule has 0 radical (unpaired) electrons. The van der Waals surface area contributed by atoms with Crippen molar-refractivity contribution in [2.75, 3.05) is 11.9 Å². The lowest BCUT2D eigenvalue weighted by Gasteiger charge is -2.15. The molecule has 0 spiro atoms. The molecule has 112 valence electrons. The van der Waals surface area contributed by atoms with Gasteiger partial charge in [0.2, 0.25) is 11.8 Å². The molecular weight excluding hydrogens is 274 g/mol. The molecule has 3 N–H and O–H groups in total. The number of rotatable bonds is 4. The molecule has 1 atom stereocenters. The molecular formula is C14H17N3O4. The summed E-state index contributed by atoms with van der Waals surface area (Å²) in [6, 6.07) is 0.305. The number of hydrogen-bond acceptors (Lipinski definition) is 3. The number of carboxylic acids is 1. The first kappa shape index (κ1) is 13.7. The smallest absolute Gasteiger partial charge is 0.339 e. The molecule has 2 heterocycles. The molecule has 1 aliphatic heterocycles. The minimum absolute atomic E-state index is 0.0151. The third kappa shape index (κ3) is 2.51. The highest BCUT2D eigenvalue weighted by atomic mass is 16.4. The summed E-state index contributed by atoms with van der Waals surface area (Å²) in [6.45, 7) is 2.06. The van der Waals surface area contributed by atoms with Gasteiger partial charge in [0, 0.05) is 30.9 Å². The van der Waals surface area contributed by atoms with Gasteiger partial charge >= 0.3 is 5.97 Å². The maximum atomic E-state index is 12.2. The highest BCUT2D eigenvalue weighted by Gasteiger charge is 2.41. The van der Waals surface area contributed by atoms with Crippen LogP contribution in [0.5, 0.6) is 0 Å². The largest absolute Gasteiger partial charge is 0.478 e. The Morgan fingerprint density at radius 1 is 1.43 bits per heavy atom. The van der Waals surface area contributed by atoms with Gasteiger partial charge in [0.15, 0.2) is 0 Å². The van der Waals surface area contributed by atoms with Gasteiger partial charge in [-0.3, -0.25) is 9.59 Å². The van der Waals surface area contributed by atoms with E-state index in [0.717, 1.165) is 12.8 Å². The van der Waals surface area contributed by atoms with E-state index in [1.54, 1.807) is 11.8 Å². The Hall–Kier alpha value is -2.31. The van der Waals surface area contributed by atoms with Crippen molar-refractivity contribution in [2.24, 2.45) is 5.92 Å². The summed E-state index contributed by atoms with van der Waals surface area (Å²) in [5.41, 5.74) is 0.800. The van der Waals surface area contributed by atoms with E-state index in [0.29, 0.717) is 18.3 Å². The number of hydrogen-bond donors (Lipinski definition) is 3. The quantitative estimate of drug-likeness (QED) is 0.769. The molecule has 7 nitrogen and oxygen atoms in total. The second-order valence-corrected chi connectivity index (χ2v) is 5.68. The van der Waals surface area contributed by atoms with E-state index in [4.69, 9.17) is 5.11 Å². The molecule has 0 aromatic carbocycles. The van der Waals surface area contributed by atoms with E-state index < -0.39 is 11.9 Å². The maximum absolute atomic E-state index is 12.2. The average Bonchev–Trinajstić information content (AvgIpc) is 3.08. The number of carboxylic acid groups (broad SMARTS) is 1. The molecule has 1 aromatic rings. The number of likely N-dealkylation sites (tertiary alicyclic amines) is 1. The van der Waals surface area contributed by atoms with Crippen LogP contribution in [0.25, 0.3) is 0 Å². The minimum Gasteiger partial charge on any atom is -0.478 e. The zero-order valence-corrected chi connectivity index (χ0v) is 11.7. The fraction of sp³-hybridized carbons (Fsp3) is 0.500. The van der Waals surface area contributed by atoms with E-state index in [-0.39, 0.29) is 29.5 Å². The lowest BCUT2D eigenvalue weighted by atomic mass is 10.1. The van der Waals surface area contributed by atoms with E-state index >= 15 is 0 Å². The summed E-state index contributed by atoms with van der Waals surface area (Å²) in [5.74, 6) is -1.78. The molecule has 0 bridgehead atoms. The van der Waals surface area contributed by atoms with Crippen LogP contribution >= 0.6 is 0 Å². The lowest BCUT2D eigenvalue weighted by Crippen LogP contribution is -2.30. The second-order valence-electron chi connectivity index (χ2n) is 5.68. The van der Waals surface area contributed by atoms with E-state index in [1.165, 1.54) is 6.20 Å². The predicted molar refractivity (Wildman–Crippen MR) is 74.0 cm³/mol. The number of amides is 2. The van der Waals surface area contributed by atoms with E-state index in [1.807, 2.05) is 0 Å². The van der Waals surface area contributed by atoms with Crippen LogP contribution in [0.2, 0.25) is 0 Å². The third-order valence-corrected chi connectivity index (χ3v) is 4.07. The first-order chi connectivity index (χ1) is 9.97. The number of aromatic amines is 1. The fourth-order valence-electron chi connectivity index (χ4n) is 2.78. The molecule has 3 rings (SSSR count). The van der Waals surface area contributed by atoms with Gasteiger partial charge in [-0.05, 0) is 19.8 Å². The Morgan fingerprint density at radius 2 is 2.14 bits per heavy atom. The topological polar surface area (TPSA) is 103 Å². The minimum atomic E-state index is -1.09. The highest BCUT2D eigenvalue weighted by molar-refractivity contribution is 6.03. The summed E-state index contributed by atoms with van der Waals surface area (Å²) < 4.78 is 0. The average molecular weight is 291 g/mol. The first-order valence-corrected chi connectivity index (χ1v) is 6.99. The van der Waals surface area contributed by atoms with Crippen molar-refractivity contribution in [3.8, 4) is 0 Å².